The number of piperidine rings is 1. The van der Waals surface area contributed by atoms with E-state index < -0.39 is 15.3 Å². The van der Waals surface area contributed by atoms with Gasteiger partial charge in [-0.25, -0.2) is 12.7 Å². The fourth-order valence-corrected chi connectivity index (χ4v) is 5.84. The summed E-state index contributed by atoms with van der Waals surface area (Å²) >= 11 is 5.91. The molecule has 7 heteroatoms. The van der Waals surface area contributed by atoms with Crippen LogP contribution < -0.4 is 10.9 Å². The van der Waals surface area contributed by atoms with Crippen molar-refractivity contribution in [3.05, 3.63) is 40.4 Å². The standard InChI is InChI=1S/C17H24ClN3O2S/c1-12-17(13(2)20-19-12)24(22,23)21-9-7-15(8-10-21)11-14-3-5-16(18)6-4-14/h3-6,11-13,17,19-20H,7-10H2,1-2H3. The van der Waals surface area contributed by atoms with Crippen LogP contribution in [0.1, 0.15) is 32.3 Å². The molecule has 2 unspecified atom stereocenters. The minimum atomic E-state index is -3.30. The van der Waals surface area contributed by atoms with Crippen LogP contribution in [-0.4, -0.2) is 43.1 Å². The summed E-state index contributed by atoms with van der Waals surface area (Å²) in [5.41, 5.74) is 8.46. The normalized spacial score (nSPS) is 29.0. The number of benzene rings is 1. The summed E-state index contributed by atoms with van der Waals surface area (Å²) < 4.78 is 27.5. The Morgan fingerprint density at radius 2 is 1.62 bits per heavy atom. The fourth-order valence-electron chi connectivity index (χ4n) is 3.52. The van der Waals surface area contributed by atoms with Gasteiger partial charge in [-0.1, -0.05) is 35.4 Å². The predicted molar refractivity (Wildman–Crippen MR) is 98.1 cm³/mol. The zero-order valence-electron chi connectivity index (χ0n) is 14.0. The molecule has 0 amide bonds. The summed E-state index contributed by atoms with van der Waals surface area (Å²) in [4.78, 5) is 0. The van der Waals surface area contributed by atoms with E-state index in [4.69, 9.17) is 11.6 Å². The largest absolute Gasteiger partial charge is 0.253 e. The molecule has 2 aliphatic rings. The third-order valence-corrected chi connectivity index (χ3v) is 7.67. The molecule has 0 bridgehead atoms. The van der Waals surface area contributed by atoms with Crippen LogP contribution in [0.25, 0.3) is 6.08 Å². The van der Waals surface area contributed by atoms with E-state index >= 15 is 0 Å². The van der Waals surface area contributed by atoms with E-state index in [9.17, 15) is 8.42 Å². The van der Waals surface area contributed by atoms with E-state index in [0.29, 0.717) is 13.1 Å². The highest BCUT2D eigenvalue weighted by atomic mass is 35.5. The lowest BCUT2D eigenvalue weighted by atomic mass is 10.0. The summed E-state index contributed by atoms with van der Waals surface area (Å²) in [6, 6.07) is 7.54. The van der Waals surface area contributed by atoms with E-state index in [2.05, 4.69) is 16.9 Å². The number of sulfonamides is 1. The average molecular weight is 370 g/mol. The first kappa shape index (κ1) is 17.9. The Hall–Kier alpha value is -0.920. The van der Waals surface area contributed by atoms with Gasteiger partial charge in [-0.05, 0) is 44.4 Å². The molecule has 24 heavy (non-hydrogen) atoms. The Balaban J connectivity index is 1.67. The minimum absolute atomic E-state index is 0.0870. The number of nitrogens with one attached hydrogen (secondary N) is 2. The molecule has 2 aliphatic heterocycles. The van der Waals surface area contributed by atoms with Crippen LogP contribution in [-0.2, 0) is 10.0 Å². The van der Waals surface area contributed by atoms with Crippen LogP contribution in [0.2, 0.25) is 5.02 Å². The van der Waals surface area contributed by atoms with Gasteiger partial charge in [0, 0.05) is 30.2 Å². The van der Waals surface area contributed by atoms with Gasteiger partial charge in [0.2, 0.25) is 10.0 Å². The SMILES string of the molecule is CC1NNC(C)C1S(=O)(=O)N1CCC(=Cc2ccc(Cl)cc2)CC1. The molecule has 1 aromatic carbocycles. The molecular formula is C17H24ClN3O2S. The Bertz CT molecular complexity index is 698. The van der Waals surface area contributed by atoms with Crippen LogP contribution >= 0.6 is 11.6 Å². The van der Waals surface area contributed by atoms with E-state index in [1.807, 2.05) is 38.1 Å². The van der Waals surface area contributed by atoms with Crippen LogP contribution in [0.3, 0.4) is 0 Å². The van der Waals surface area contributed by atoms with Crippen molar-refractivity contribution < 1.29 is 8.42 Å². The Morgan fingerprint density at radius 3 is 2.17 bits per heavy atom. The highest BCUT2D eigenvalue weighted by molar-refractivity contribution is 7.89. The molecule has 1 aromatic rings. The molecule has 0 saturated carbocycles. The molecule has 2 N–H and O–H groups in total. The van der Waals surface area contributed by atoms with E-state index in [-0.39, 0.29) is 12.1 Å². The van der Waals surface area contributed by atoms with Crippen LogP contribution in [0, 0.1) is 0 Å². The van der Waals surface area contributed by atoms with Gasteiger partial charge in [-0.15, -0.1) is 0 Å². The highest BCUT2D eigenvalue weighted by Gasteiger charge is 2.43. The first-order chi connectivity index (χ1) is 11.4. The number of nitrogens with zero attached hydrogens (tertiary/aromatic N) is 1. The zero-order chi connectivity index (χ0) is 17.3. The van der Waals surface area contributed by atoms with Gasteiger partial charge in [0.15, 0.2) is 0 Å². The van der Waals surface area contributed by atoms with Crippen molar-refractivity contribution in [1.29, 1.82) is 0 Å². The predicted octanol–water partition coefficient (Wildman–Crippen LogP) is 2.40. The van der Waals surface area contributed by atoms with Crippen LogP contribution in [0.15, 0.2) is 29.8 Å². The van der Waals surface area contributed by atoms with Crippen LogP contribution in [0.4, 0.5) is 0 Å². The van der Waals surface area contributed by atoms with Gasteiger partial charge in [0.25, 0.3) is 0 Å². The van der Waals surface area contributed by atoms with Gasteiger partial charge in [0.1, 0.15) is 5.25 Å². The number of hydrogen-bond acceptors (Lipinski definition) is 4. The number of hydrogen-bond donors (Lipinski definition) is 2. The molecule has 0 aliphatic carbocycles. The van der Waals surface area contributed by atoms with Gasteiger partial charge in [0.05, 0.1) is 0 Å². The summed E-state index contributed by atoms with van der Waals surface area (Å²) in [6.45, 7) is 4.93. The Kier molecular flexibility index (Phi) is 5.32. The molecule has 3 rings (SSSR count). The van der Waals surface area contributed by atoms with E-state index in [0.717, 1.165) is 23.4 Å². The molecule has 5 nitrogen and oxygen atoms in total. The molecule has 132 valence electrons. The Morgan fingerprint density at radius 1 is 1.08 bits per heavy atom. The van der Waals surface area contributed by atoms with Crippen molar-refractivity contribution in [3.63, 3.8) is 0 Å². The second kappa shape index (κ2) is 7.14. The number of hydrazine groups is 1. The molecule has 2 fully saturated rings. The summed E-state index contributed by atoms with van der Waals surface area (Å²) in [6.07, 6.45) is 3.70. The fraction of sp³-hybridized carbons (Fsp3) is 0.529. The van der Waals surface area contributed by atoms with Crippen molar-refractivity contribution in [3.8, 4) is 0 Å². The highest BCUT2D eigenvalue weighted by Crippen LogP contribution is 2.26. The maximum absolute atomic E-state index is 12.9. The molecule has 0 aromatic heterocycles. The van der Waals surface area contributed by atoms with Gasteiger partial charge < -0.3 is 0 Å². The molecular weight excluding hydrogens is 346 g/mol. The third-order valence-electron chi connectivity index (χ3n) is 4.83. The number of halogens is 1. The third kappa shape index (κ3) is 3.68. The summed E-state index contributed by atoms with van der Waals surface area (Å²) in [5, 5.41) is 0.305. The summed E-state index contributed by atoms with van der Waals surface area (Å²) in [7, 11) is -3.30. The first-order valence-electron chi connectivity index (χ1n) is 8.33. The van der Waals surface area contributed by atoms with Gasteiger partial charge in [-0.2, -0.15) is 0 Å². The van der Waals surface area contributed by atoms with Crippen molar-refractivity contribution in [2.24, 2.45) is 0 Å². The Labute approximate surface area is 149 Å². The maximum Gasteiger partial charge on any atom is 0.220 e. The van der Waals surface area contributed by atoms with Gasteiger partial charge in [-0.3, -0.25) is 10.9 Å². The monoisotopic (exact) mass is 369 g/mol. The van der Waals surface area contributed by atoms with Crippen molar-refractivity contribution >= 4 is 27.7 Å². The lowest BCUT2D eigenvalue weighted by Crippen LogP contribution is -2.48. The van der Waals surface area contributed by atoms with Crippen molar-refractivity contribution in [2.75, 3.05) is 13.1 Å². The second-order valence-corrected chi connectivity index (χ2v) is 9.16. The second-order valence-electron chi connectivity index (χ2n) is 6.63. The maximum atomic E-state index is 12.9. The lowest BCUT2D eigenvalue weighted by Gasteiger charge is -2.32. The topological polar surface area (TPSA) is 61.4 Å². The molecule has 0 spiro atoms. The van der Waals surface area contributed by atoms with E-state index in [1.54, 1.807) is 4.31 Å². The zero-order valence-corrected chi connectivity index (χ0v) is 15.6. The van der Waals surface area contributed by atoms with Gasteiger partial charge >= 0.3 is 0 Å². The molecule has 2 heterocycles. The van der Waals surface area contributed by atoms with Crippen LogP contribution in [0.5, 0.6) is 0 Å². The lowest BCUT2D eigenvalue weighted by molar-refractivity contribution is 0.377. The molecule has 2 saturated heterocycles. The first-order valence-corrected chi connectivity index (χ1v) is 10.2. The van der Waals surface area contributed by atoms with Crippen molar-refractivity contribution in [2.45, 2.75) is 44.0 Å². The number of rotatable bonds is 3. The van der Waals surface area contributed by atoms with E-state index in [1.165, 1.54) is 5.57 Å². The molecule has 2 atom stereocenters. The smallest absolute Gasteiger partial charge is 0.220 e. The van der Waals surface area contributed by atoms with Crippen molar-refractivity contribution in [1.82, 2.24) is 15.2 Å². The average Bonchev–Trinajstić information content (AvgIpc) is 2.89. The quantitative estimate of drug-likeness (QED) is 0.858. The summed E-state index contributed by atoms with van der Waals surface area (Å²) in [5.74, 6) is 0. The molecule has 0 radical (unpaired) electrons. The minimum Gasteiger partial charge on any atom is -0.253 e.